The number of pyridine rings is 1. The first-order valence-electron chi connectivity index (χ1n) is 6.27. The fraction of sp³-hybridized carbons (Fsp3) is 0.267. The summed E-state index contributed by atoms with van der Waals surface area (Å²) in [5.74, 6) is 0.777. The van der Waals surface area contributed by atoms with E-state index in [2.05, 4.69) is 4.98 Å². The highest BCUT2D eigenvalue weighted by molar-refractivity contribution is 5.42. The van der Waals surface area contributed by atoms with Crippen LogP contribution in [0, 0.1) is 5.92 Å². The molecule has 0 saturated heterocycles. The minimum absolute atomic E-state index is 0.0169. The second-order valence-corrected chi connectivity index (χ2v) is 4.80. The molecule has 4 heteroatoms. The number of nitrogens with zero attached hydrogens (tertiary/aromatic N) is 1. The maximum Gasteiger partial charge on any atom is 0.125 e. The van der Waals surface area contributed by atoms with Crippen molar-refractivity contribution >= 4 is 0 Å². The van der Waals surface area contributed by atoms with Crippen molar-refractivity contribution in [1.82, 2.24) is 4.98 Å². The van der Waals surface area contributed by atoms with Gasteiger partial charge in [0.15, 0.2) is 0 Å². The number of aliphatic hydroxyl groups is 1. The van der Waals surface area contributed by atoms with Gasteiger partial charge in [0, 0.05) is 23.9 Å². The molecule has 1 aliphatic heterocycles. The van der Waals surface area contributed by atoms with Crippen molar-refractivity contribution < 1.29 is 14.9 Å². The van der Waals surface area contributed by atoms with Crippen LogP contribution in [-0.4, -0.2) is 21.8 Å². The predicted octanol–water partition coefficient (Wildman–Crippen LogP) is 2.07. The molecule has 98 valence electrons. The summed E-state index contributed by atoms with van der Waals surface area (Å²) in [4.78, 5) is 3.98. The number of hydrogen-bond donors (Lipinski definition) is 2. The van der Waals surface area contributed by atoms with Crippen molar-refractivity contribution in [3.63, 3.8) is 0 Å². The normalized spacial score (nSPS) is 21.5. The van der Waals surface area contributed by atoms with Gasteiger partial charge in [-0.2, -0.15) is 0 Å². The van der Waals surface area contributed by atoms with E-state index in [0.29, 0.717) is 17.9 Å². The topological polar surface area (TPSA) is 62.6 Å². The van der Waals surface area contributed by atoms with Gasteiger partial charge in [0.1, 0.15) is 11.5 Å². The Morgan fingerprint density at radius 1 is 1.21 bits per heavy atom. The van der Waals surface area contributed by atoms with Gasteiger partial charge in [-0.05, 0) is 42.3 Å². The van der Waals surface area contributed by atoms with E-state index >= 15 is 0 Å². The lowest BCUT2D eigenvalue weighted by Gasteiger charge is -2.30. The first kappa shape index (κ1) is 12.0. The fourth-order valence-electron chi connectivity index (χ4n) is 2.43. The maximum atomic E-state index is 10.4. The van der Waals surface area contributed by atoms with Crippen LogP contribution >= 0.6 is 0 Å². The van der Waals surface area contributed by atoms with Gasteiger partial charge in [-0.1, -0.05) is 0 Å². The summed E-state index contributed by atoms with van der Waals surface area (Å²) in [6, 6.07) is 8.69. The molecule has 19 heavy (non-hydrogen) atoms. The highest BCUT2D eigenvalue weighted by Gasteiger charge is 2.29. The second-order valence-electron chi connectivity index (χ2n) is 4.80. The summed E-state index contributed by atoms with van der Waals surface area (Å²) in [5.41, 5.74) is 1.77. The molecule has 0 bridgehead atoms. The summed E-state index contributed by atoms with van der Waals surface area (Å²) in [6.07, 6.45) is 3.58. The molecular weight excluding hydrogens is 242 g/mol. The van der Waals surface area contributed by atoms with Gasteiger partial charge in [0.25, 0.3) is 0 Å². The Bertz CT molecular complexity index is 571. The van der Waals surface area contributed by atoms with Crippen molar-refractivity contribution in [3.8, 4) is 11.5 Å². The molecule has 2 atom stereocenters. The van der Waals surface area contributed by atoms with Crippen molar-refractivity contribution in [3.05, 3.63) is 53.9 Å². The number of phenols is 1. The second kappa shape index (κ2) is 4.90. The van der Waals surface area contributed by atoms with Crippen LogP contribution in [0.25, 0.3) is 0 Å². The molecule has 0 fully saturated rings. The lowest BCUT2D eigenvalue weighted by Crippen LogP contribution is -2.27. The molecule has 0 amide bonds. The molecule has 0 radical (unpaired) electrons. The summed E-state index contributed by atoms with van der Waals surface area (Å²) >= 11 is 0. The van der Waals surface area contributed by atoms with E-state index in [-0.39, 0.29) is 11.7 Å². The van der Waals surface area contributed by atoms with Crippen LogP contribution in [0.1, 0.15) is 17.2 Å². The Morgan fingerprint density at radius 3 is 2.79 bits per heavy atom. The van der Waals surface area contributed by atoms with Crippen LogP contribution in [0.4, 0.5) is 0 Å². The standard InChI is InChI=1S/C15H15NO3/c17-12-1-2-14-13(8-12)15(18)11(9-19-14)7-10-3-5-16-6-4-10/h1-6,8,11,15,17-18H,7,9H2/t11-,15+/m0/s1. The summed E-state index contributed by atoms with van der Waals surface area (Å²) in [5, 5.41) is 19.9. The van der Waals surface area contributed by atoms with E-state index in [1.165, 1.54) is 0 Å². The van der Waals surface area contributed by atoms with Crippen LogP contribution in [0.15, 0.2) is 42.7 Å². The molecule has 1 aromatic carbocycles. The van der Waals surface area contributed by atoms with E-state index in [1.807, 2.05) is 12.1 Å². The average Bonchev–Trinajstić information content (AvgIpc) is 2.44. The summed E-state index contributed by atoms with van der Waals surface area (Å²) < 4.78 is 5.65. The minimum atomic E-state index is -0.621. The van der Waals surface area contributed by atoms with Gasteiger partial charge in [-0.3, -0.25) is 4.98 Å². The Hall–Kier alpha value is -2.07. The van der Waals surface area contributed by atoms with Crippen LogP contribution in [-0.2, 0) is 6.42 Å². The summed E-state index contributed by atoms with van der Waals surface area (Å²) in [7, 11) is 0. The zero-order chi connectivity index (χ0) is 13.2. The van der Waals surface area contributed by atoms with E-state index in [4.69, 9.17) is 4.74 Å². The molecule has 1 aromatic heterocycles. The van der Waals surface area contributed by atoms with Crippen LogP contribution in [0.3, 0.4) is 0 Å². The monoisotopic (exact) mass is 257 g/mol. The Balaban J connectivity index is 1.83. The lowest BCUT2D eigenvalue weighted by atomic mass is 9.88. The third-order valence-electron chi connectivity index (χ3n) is 3.46. The van der Waals surface area contributed by atoms with Gasteiger partial charge in [-0.15, -0.1) is 0 Å². The quantitative estimate of drug-likeness (QED) is 0.864. The molecule has 1 aliphatic rings. The molecular formula is C15H15NO3. The predicted molar refractivity (Wildman–Crippen MR) is 70.0 cm³/mol. The third kappa shape index (κ3) is 2.39. The molecule has 0 aliphatic carbocycles. The number of phenolic OH excluding ortho intramolecular Hbond substituents is 1. The zero-order valence-corrected chi connectivity index (χ0v) is 10.4. The van der Waals surface area contributed by atoms with E-state index < -0.39 is 6.10 Å². The number of rotatable bonds is 2. The smallest absolute Gasteiger partial charge is 0.125 e. The molecule has 4 nitrogen and oxygen atoms in total. The van der Waals surface area contributed by atoms with Crippen molar-refractivity contribution in [2.24, 2.45) is 5.92 Å². The molecule has 2 N–H and O–H groups in total. The minimum Gasteiger partial charge on any atom is -0.508 e. The van der Waals surface area contributed by atoms with Crippen molar-refractivity contribution in [2.45, 2.75) is 12.5 Å². The SMILES string of the molecule is Oc1ccc2c(c1)[C@H](O)[C@@H](Cc1ccncc1)CO2. The Morgan fingerprint density at radius 2 is 2.00 bits per heavy atom. The van der Waals surface area contributed by atoms with Crippen LogP contribution in [0.2, 0.25) is 0 Å². The van der Waals surface area contributed by atoms with Crippen molar-refractivity contribution in [2.75, 3.05) is 6.61 Å². The molecule has 0 spiro atoms. The highest BCUT2D eigenvalue weighted by atomic mass is 16.5. The zero-order valence-electron chi connectivity index (χ0n) is 10.4. The van der Waals surface area contributed by atoms with Gasteiger partial charge in [0.05, 0.1) is 12.7 Å². The largest absolute Gasteiger partial charge is 0.508 e. The number of benzene rings is 1. The van der Waals surface area contributed by atoms with E-state index in [9.17, 15) is 10.2 Å². The van der Waals surface area contributed by atoms with Gasteiger partial charge < -0.3 is 14.9 Å². The first-order chi connectivity index (χ1) is 9.24. The number of aliphatic hydroxyl groups excluding tert-OH is 1. The molecule has 0 saturated carbocycles. The van der Waals surface area contributed by atoms with Crippen LogP contribution < -0.4 is 4.74 Å². The van der Waals surface area contributed by atoms with Crippen LogP contribution in [0.5, 0.6) is 11.5 Å². The fourth-order valence-corrected chi connectivity index (χ4v) is 2.43. The molecule has 0 unspecified atom stereocenters. The Kier molecular flexibility index (Phi) is 3.09. The number of ether oxygens (including phenoxy) is 1. The van der Waals surface area contributed by atoms with E-state index in [1.54, 1.807) is 30.6 Å². The third-order valence-corrected chi connectivity index (χ3v) is 3.46. The average molecular weight is 257 g/mol. The number of hydrogen-bond acceptors (Lipinski definition) is 4. The molecule has 2 aromatic rings. The number of aromatic hydroxyl groups is 1. The van der Waals surface area contributed by atoms with Gasteiger partial charge in [0.2, 0.25) is 0 Å². The first-order valence-corrected chi connectivity index (χ1v) is 6.27. The van der Waals surface area contributed by atoms with Gasteiger partial charge in [-0.25, -0.2) is 0 Å². The molecule has 2 heterocycles. The lowest BCUT2D eigenvalue weighted by molar-refractivity contribution is 0.0505. The van der Waals surface area contributed by atoms with Crippen molar-refractivity contribution in [1.29, 1.82) is 0 Å². The highest BCUT2D eigenvalue weighted by Crippen LogP contribution is 2.38. The maximum absolute atomic E-state index is 10.4. The number of aromatic nitrogens is 1. The summed E-state index contributed by atoms with van der Waals surface area (Å²) in [6.45, 7) is 0.473. The van der Waals surface area contributed by atoms with E-state index in [0.717, 1.165) is 12.0 Å². The number of fused-ring (bicyclic) bond motifs is 1. The van der Waals surface area contributed by atoms with Gasteiger partial charge >= 0.3 is 0 Å². The molecule has 3 rings (SSSR count). The Labute approximate surface area is 111 Å².